The predicted molar refractivity (Wildman–Crippen MR) is 104 cm³/mol. The maximum absolute atomic E-state index is 5.25. The van der Waals surface area contributed by atoms with Crippen LogP contribution in [0.4, 0.5) is 0 Å². The van der Waals surface area contributed by atoms with Crippen molar-refractivity contribution in [3.05, 3.63) is 73.1 Å². The molecular formula is C22H18N2O2. The molecule has 2 heterocycles. The molecule has 0 aliphatic rings. The summed E-state index contributed by atoms with van der Waals surface area (Å²) in [5.74, 6) is 1.66. The molecule has 0 aliphatic carbocycles. The van der Waals surface area contributed by atoms with Gasteiger partial charge in [0, 0.05) is 23.5 Å². The van der Waals surface area contributed by atoms with Crippen LogP contribution in [0.5, 0.6) is 11.5 Å². The third kappa shape index (κ3) is 2.86. The maximum Gasteiger partial charge on any atom is 0.118 e. The molecule has 0 bridgehead atoms. The van der Waals surface area contributed by atoms with Gasteiger partial charge in [-0.1, -0.05) is 24.3 Å². The largest absolute Gasteiger partial charge is 0.497 e. The molecule has 0 fully saturated rings. The third-order valence-corrected chi connectivity index (χ3v) is 4.43. The van der Waals surface area contributed by atoms with Gasteiger partial charge < -0.3 is 9.47 Å². The van der Waals surface area contributed by atoms with E-state index in [4.69, 9.17) is 9.47 Å². The van der Waals surface area contributed by atoms with Gasteiger partial charge in [-0.3, -0.25) is 9.97 Å². The van der Waals surface area contributed by atoms with Gasteiger partial charge in [0.05, 0.1) is 25.3 Å². The lowest BCUT2D eigenvalue weighted by Crippen LogP contribution is -1.91. The van der Waals surface area contributed by atoms with Crippen molar-refractivity contribution < 1.29 is 9.47 Å². The van der Waals surface area contributed by atoms with Crippen LogP contribution in [0.2, 0.25) is 0 Å². The second-order valence-corrected chi connectivity index (χ2v) is 5.87. The minimum absolute atomic E-state index is 0.832. The van der Waals surface area contributed by atoms with E-state index in [2.05, 4.69) is 9.97 Å². The van der Waals surface area contributed by atoms with E-state index in [1.165, 1.54) is 0 Å². The summed E-state index contributed by atoms with van der Waals surface area (Å²) in [5, 5.41) is 0. The molecule has 0 saturated carbocycles. The SMILES string of the molecule is COc1ccc(-c2ccnc3c(-c4ccc(OC)cc4)ccnc23)cc1. The first-order valence-corrected chi connectivity index (χ1v) is 8.33. The predicted octanol–water partition coefficient (Wildman–Crippen LogP) is 4.98. The Kier molecular flexibility index (Phi) is 4.23. The molecule has 128 valence electrons. The number of aromatic nitrogens is 2. The first kappa shape index (κ1) is 16.1. The van der Waals surface area contributed by atoms with Crippen molar-refractivity contribution in [2.45, 2.75) is 0 Å². The van der Waals surface area contributed by atoms with Crippen molar-refractivity contribution in [3.8, 4) is 33.8 Å². The van der Waals surface area contributed by atoms with Gasteiger partial charge in [0.2, 0.25) is 0 Å². The van der Waals surface area contributed by atoms with Crippen LogP contribution in [0.15, 0.2) is 73.1 Å². The molecule has 26 heavy (non-hydrogen) atoms. The van der Waals surface area contributed by atoms with Crippen molar-refractivity contribution in [2.75, 3.05) is 14.2 Å². The third-order valence-electron chi connectivity index (χ3n) is 4.43. The summed E-state index contributed by atoms with van der Waals surface area (Å²) in [6.07, 6.45) is 3.66. The average Bonchev–Trinajstić information content (AvgIpc) is 2.73. The summed E-state index contributed by atoms with van der Waals surface area (Å²) in [7, 11) is 3.33. The van der Waals surface area contributed by atoms with Gasteiger partial charge in [-0.15, -0.1) is 0 Å². The summed E-state index contributed by atoms with van der Waals surface area (Å²) >= 11 is 0. The van der Waals surface area contributed by atoms with E-state index in [1.807, 2.05) is 73.1 Å². The summed E-state index contributed by atoms with van der Waals surface area (Å²) in [5.41, 5.74) is 6.02. The van der Waals surface area contributed by atoms with E-state index >= 15 is 0 Å². The molecule has 0 atom stereocenters. The quantitative estimate of drug-likeness (QED) is 0.524. The van der Waals surface area contributed by atoms with E-state index < -0.39 is 0 Å². The molecule has 0 saturated heterocycles. The number of fused-ring (bicyclic) bond motifs is 1. The Morgan fingerprint density at radius 3 is 1.27 bits per heavy atom. The van der Waals surface area contributed by atoms with E-state index in [1.54, 1.807) is 14.2 Å². The molecule has 0 unspecified atom stereocenters. The van der Waals surface area contributed by atoms with Gasteiger partial charge in [0.25, 0.3) is 0 Å². The standard InChI is InChI=1S/C22H18N2O2/c1-25-17-7-3-15(4-8-17)19-11-13-24-22-20(12-14-23-21(19)22)16-5-9-18(26-2)10-6-16/h3-14H,1-2H3. The van der Waals surface area contributed by atoms with Crippen molar-refractivity contribution in [1.82, 2.24) is 9.97 Å². The van der Waals surface area contributed by atoms with Gasteiger partial charge in [-0.05, 0) is 47.5 Å². The van der Waals surface area contributed by atoms with Crippen LogP contribution in [-0.2, 0) is 0 Å². The van der Waals surface area contributed by atoms with Gasteiger partial charge in [0.1, 0.15) is 11.5 Å². The van der Waals surface area contributed by atoms with Crippen molar-refractivity contribution in [3.63, 3.8) is 0 Å². The van der Waals surface area contributed by atoms with Crippen molar-refractivity contribution >= 4 is 11.0 Å². The Morgan fingerprint density at radius 1 is 0.538 bits per heavy atom. The number of hydrogen-bond donors (Lipinski definition) is 0. The molecule has 0 spiro atoms. The molecule has 0 N–H and O–H groups in total. The first-order valence-electron chi connectivity index (χ1n) is 8.33. The number of pyridine rings is 2. The Balaban J connectivity index is 1.86. The van der Waals surface area contributed by atoms with Crippen LogP contribution in [-0.4, -0.2) is 24.2 Å². The molecule has 0 amide bonds. The topological polar surface area (TPSA) is 44.2 Å². The Bertz CT molecular complexity index is 955. The zero-order valence-electron chi connectivity index (χ0n) is 14.6. The zero-order chi connectivity index (χ0) is 17.9. The van der Waals surface area contributed by atoms with Crippen LogP contribution in [0.25, 0.3) is 33.3 Å². The number of benzene rings is 2. The molecule has 0 radical (unpaired) electrons. The molecule has 2 aromatic carbocycles. The first-order chi connectivity index (χ1) is 12.8. The van der Waals surface area contributed by atoms with Crippen LogP contribution in [0.1, 0.15) is 0 Å². The van der Waals surface area contributed by atoms with Crippen LogP contribution in [0.3, 0.4) is 0 Å². The number of ether oxygens (including phenoxy) is 2. The lowest BCUT2D eigenvalue weighted by molar-refractivity contribution is 0.415. The molecule has 2 aromatic heterocycles. The fourth-order valence-electron chi connectivity index (χ4n) is 3.05. The number of methoxy groups -OCH3 is 2. The highest BCUT2D eigenvalue weighted by Gasteiger charge is 2.11. The molecule has 4 nitrogen and oxygen atoms in total. The molecule has 4 aromatic rings. The van der Waals surface area contributed by atoms with Gasteiger partial charge >= 0.3 is 0 Å². The maximum atomic E-state index is 5.25. The van der Waals surface area contributed by atoms with Gasteiger partial charge in [-0.2, -0.15) is 0 Å². The zero-order valence-corrected chi connectivity index (χ0v) is 14.6. The minimum Gasteiger partial charge on any atom is -0.497 e. The summed E-state index contributed by atoms with van der Waals surface area (Å²) in [6, 6.07) is 20.0. The minimum atomic E-state index is 0.832. The van der Waals surface area contributed by atoms with Crippen molar-refractivity contribution in [1.29, 1.82) is 0 Å². The second-order valence-electron chi connectivity index (χ2n) is 5.87. The lowest BCUT2D eigenvalue weighted by Gasteiger charge is -2.10. The summed E-state index contributed by atoms with van der Waals surface area (Å²) in [6.45, 7) is 0. The van der Waals surface area contributed by atoms with Crippen LogP contribution < -0.4 is 9.47 Å². The van der Waals surface area contributed by atoms with Crippen molar-refractivity contribution in [2.24, 2.45) is 0 Å². The van der Waals surface area contributed by atoms with Crippen LogP contribution in [0, 0.1) is 0 Å². The lowest BCUT2D eigenvalue weighted by atomic mass is 10.00. The Labute approximate surface area is 152 Å². The second kappa shape index (κ2) is 6.84. The highest BCUT2D eigenvalue weighted by atomic mass is 16.5. The number of hydrogen-bond acceptors (Lipinski definition) is 4. The Hall–Kier alpha value is -3.40. The highest BCUT2D eigenvalue weighted by Crippen LogP contribution is 2.33. The van der Waals surface area contributed by atoms with Gasteiger partial charge in [-0.25, -0.2) is 0 Å². The number of rotatable bonds is 4. The molecular weight excluding hydrogens is 324 g/mol. The number of nitrogens with zero attached hydrogens (tertiary/aromatic N) is 2. The summed E-state index contributed by atoms with van der Waals surface area (Å²) < 4.78 is 10.5. The molecule has 4 rings (SSSR count). The van der Waals surface area contributed by atoms with Crippen LogP contribution >= 0.6 is 0 Å². The molecule has 0 aliphatic heterocycles. The van der Waals surface area contributed by atoms with E-state index in [9.17, 15) is 0 Å². The highest BCUT2D eigenvalue weighted by molar-refractivity contribution is 5.99. The van der Waals surface area contributed by atoms with E-state index in [-0.39, 0.29) is 0 Å². The molecule has 4 heteroatoms. The fraction of sp³-hybridized carbons (Fsp3) is 0.0909. The van der Waals surface area contributed by atoms with E-state index in [0.717, 1.165) is 44.8 Å². The Morgan fingerprint density at radius 2 is 0.923 bits per heavy atom. The average molecular weight is 342 g/mol. The van der Waals surface area contributed by atoms with E-state index in [0.29, 0.717) is 0 Å². The summed E-state index contributed by atoms with van der Waals surface area (Å²) in [4.78, 5) is 9.20. The normalized spacial score (nSPS) is 10.7. The fourth-order valence-corrected chi connectivity index (χ4v) is 3.05. The monoisotopic (exact) mass is 342 g/mol. The van der Waals surface area contributed by atoms with Gasteiger partial charge in [0.15, 0.2) is 0 Å². The smallest absolute Gasteiger partial charge is 0.118 e.